The topological polar surface area (TPSA) is 95.9 Å². The number of phenols is 1. The second-order valence-corrected chi connectivity index (χ2v) is 4.85. The van der Waals surface area contributed by atoms with Crippen LogP contribution in [0.2, 0.25) is 0 Å². The van der Waals surface area contributed by atoms with Crippen LogP contribution >= 0.6 is 0 Å². The summed E-state index contributed by atoms with van der Waals surface area (Å²) in [5.41, 5.74) is 0.770. The van der Waals surface area contributed by atoms with Gasteiger partial charge in [0.1, 0.15) is 11.9 Å². The van der Waals surface area contributed by atoms with Crippen LogP contribution in [0.5, 0.6) is 5.75 Å². The van der Waals surface area contributed by atoms with E-state index in [1.807, 2.05) is 0 Å². The number of aliphatic carboxylic acids is 1. The average Bonchev–Trinajstić information content (AvgIpc) is 2.88. The van der Waals surface area contributed by atoms with Crippen LogP contribution in [-0.2, 0) is 14.3 Å². The van der Waals surface area contributed by atoms with Crippen molar-refractivity contribution in [1.29, 1.82) is 0 Å². The van der Waals surface area contributed by atoms with Crippen LogP contribution in [0.25, 0.3) is 0 Å². The van der Waals surface area contributed by atoms with Crippen molar-refractivity contribution >= 4 is 11.9 Å². The molecule has 0 saturated carbocycles. The van der Waals surface area contributed by atoms with E-state index in [9.17, 15) is 14.7 Å². The standard InChI is InChI=1S/C14H17NO5/c1-8(9-3-2-4-10(16)7-9)15-13(17)11-5-6-12(20-11)14(18)19/h2-4,7-8,11-12,16H,5-6H2,1H3,(H,15,17)(H,18,19)/t8?,11-,12+/m0/s1. The fourth-order valence-electron chi connectivity index (χ4n) is 2.20. The van der Waals surface area contributed by atoms with E-state index in [4.69, 9.17) is 9.84 Å². The van der Waals surface area contributed by atoms with Crippen molar-refractivity contribution in [3.8, 4) is 5.75 Å². The number of phenolic OH excluding ortho intramolecular Hbond substituents is 1. The number of rotatable bonds is 4. The number of nitrogens with one attached hydrogen (secondary N) is 1. The maximum atomic E-state index is 12.0. The largest absolute Gasteiger partial charge is 0.508 e. The highest BCUT2D eigenvalue weighted by molar-refractivity contribution is 5.83. The predicted molar refractivity (Wildman–Crippen MR) is 70.2 cm³/mol. The molecule has 1 unspecified atom stereocenters. The fourth-order valence-corrected chi connectivity index (χ4v) is 2.20. The molecule has 2 rings (SSSR count). The van der Waals surface area contributed by atoms with Gasteiger partial charge in [0.15, 0.2) is 6.10 Å². The highest BCUT2D eigenvalue weighted by Crippen LogP contribution is 2.22. The molecule has 1 saturated heterocycles. The van der Waals surface area contributed by atoms with E-state index in [0.29, 0.717) is 12.8 Å². The highest BCUT2D eigenvalue weighted by Gasteiger charge is 2.35. The molecule has 3 N–H and O–H groups in total. The molecule has 1 heterocycles. The molecule has 1 aliphatic rings. The maximum Gasteiger partial charge on any atom is 0.332 e. The first kappa shape index (κ1) is 14.3. The third-order valence-corrected chi connectivity index (χ3v) is 3.32. The molecule has 0 aromatic heterocycles. The first-order valence-corrected chi connectivity index (χ1v) is 6.45. The second-order valence-electron chi connectivity index (χ2n) is 4.85. The van der Waals surface area contributed by atoms with Gasteiger partial charge in [-0.05, 0) is 37.5 Å². The number of amides is 1. The summed E-state index contributed by atoms with van der Waals surface area (Å²) in [6.45, 7) is 1.79. The van der Waals surface area contributed by atoms with Crippen LogP contribution in [0, 0.1) is 0 Å². The fraction of sp³-hybridized carbons (Fsp3) is 0.429. The molecule has 0 bridgehead atoms. The summed E-state index contributed by atoms with van der Waals surface area (Å²) in [6, 6.07) is 6.32. The van der Waals surface area contributed by atoms with Gasteiger partial charge >= 0.3 is 5.97 Å². The van der Waals surface area contributed by atoms with Crippen molar-refractivity contribution in [2.24, 2.45) is 0 Å². The normalized spacial score (nSPS) is 23.2. The molecular weight excluding hydrogens is 262 g/mol. The van der Waals surface area contributed by atoms with Gasteiger partial charge in [-0.25, -0.2) is 4.79 Å². The van der Waals surface area contributed by atoms with E-state index < -0.39 is 18.2 Å². The van der Waals surface area contributed by atoms with Crippen LogP contribution in [0.15, 0.2) is 24.3 Å². The number of hydrogen-bond acceptors (Lipinski definition) is 4. The molecular formula is C14H17NO5. The average molecular weight is 279 g/mol. The number of carboxylic acid groups (broad SMARTS) is 1. The number of hydrogen-bond donors (Lipinski definition) is 3. The van der Waals surface area contributed by atoms with Crippen molar-refractivity contribution in [2.75, 3.05) is 0 Å². The Morgan fingerprint density at radius 2 is 2.05 bits per heavy atom. The molecule has 0 spiro atoms. The van der Waals surface area contributed by atoms with Crippen LogP contribution in [0.1, 0.15) is 31.4 Å². The smallest absolute Gasteiger partial charge is 0.332 e. The zero-order valence-electron chi connectivity index (χ0n) is 11.1. The Morgan fingerprint density at radius 1 is 1.35 bits per heavy atom. The first-order chi connectivity index (χ1) is 9.47. The van der Waals surface area contributed by atoms with Crippen LogP contribution in [-0.4, -0.2) is 34.3 Å². The quantitative estimate of drug-likeness (QED) is 0.769. The lowest BCUT2D eigenvalue weighted by molar-refractivity contribution is -0.151. The molecule has 1 aliphatic heterocycles. The molecule has 1 fully saturated rings. The molecule has 108 valence electrons. The lowest BCUT2D eigenvalue weighted by Gasteiger charge is -2.17. The summed E-state index contributed by atoms with van der Waals surface area (Å²) < 4.78 is 5.18. The zero-order valence-corrected chi connectivity index (χ0v) is 11.1. The Kier molecular flexibility index (Phi) is 4.24. The van der Waals surface area contributed by atoms with Crippen LogP contribution in [0.4, 0.5) is 0 Å². The molecule has 1 aromatic rings. The predicted octanol–water partition coefficient (Wildman–Crippen LogP) is 1.20. The lowest BCUT2D eigenvalue weighted by atomic mass is 10.1. The van der Waals surface area contributed by atoms with Gasteiger partial charge in [-0.2, -0.15) is 0 Å². The molecule has 1 amide bonds. The molecule has 6 nitrogen and oxygen atoms in total. The van der Waals surface area contributed by atoms with E-state index in [0.717, 1.165) is 5.56 Å². The third kappa shape index (κ3) is 3.27. The van der Waals surface area contributed by atoms with E-state index in [1.54, 1.807) is 31.2 Å². The Hall–Kier alpha value is -2.08. The van der Waals surface area contributed by atoms with Gasteiger partial charge in [0.05, 0.1) is 6.04 Å². The van der Waals surface area contributed by atoms with E-state index in [1.165, 1.54) is 0 Å². The number of ether oxygens (including phenoxy) is 1. The third-order valence-electron chi connectivity index (χ3n) is 3.32. The van der Waals surface area contributed by atoms with Crippen molar-refractivity contribution in [3.05, 3.63) is 29.8 Å². The van der Waals surface area contributed by atoms with Gasteiger partial charge in [0.25, 0.3) is 0 Å². The number of carbonyl (C=O) groups excluding carboxylic acids is 1. The molecule has 0 radical (unpaired) electrons. The van der Waals surface area contributed by atoms with Gasteiger partial charge in [0, 0.05) is 0 Å². The molecule has 3 atom stereocenters. The van der Waals surface area contributed by atoms with Crippen LogP contribution in [0.3, 0.4) is 0 Å². The molecule has 20 heavy (non-hydrogen) atoms. The molecule has 6 heteroatoms. The van der Waals surface area contributed by atoms with Gasteiger partial charge in [0.2, 0.25) is 5.91 Å². The lowest BCUT2D eigenvalue weighted by Crippen LogP contribution is -2.37. The minimum atomic E-state index is -1.04. The maximum absolute atomic E-state index is 12.0. The second kappa shape index (κ2) is 5.92. The van der Waals surface area contributed by atoms with Gasteiger partial charge in [-0.15, -0.1) is 0 Å². The zero-order chi connectivity index (χ0) is 14.7. The van der Waals surface area contributed by atoms with Crippen molar-refractivity contribution in [3.63, 3.8) is 0 Å². The van der Waals surface area contributed by atoms with Gasteiger partial charge in [-0.1, -0.05) is 12.1 Å². The Morgan fingerprint density at radius 3 is 2.65 bits per heavy atom. The Labute approximate surface area is 116 Å². The SMILES string of the molecule is CC(NC(=O)[C@@H]1CC[C@H](C(=O)O)O1)c1cccc(O)c1. The number of benzene rings is 1. The first-order valence-electron chi connectivity index (χ1n) is 6.45. The Balaban J connectivity index is 1.93. The van der Waals surface area contributed by atoms with Crippen molar-refractivity contribution < 1.29 is 24.5 Å². The van der Waals surface area contributed by atoms with Crippen molar-refractivity contribution in [2.45, 2.75) is 38.0 Å². The van der Waals surface area contributed by atoms with E-state index >= 15 is 0 Å². The molecule has 1 aromatic carbocycles. The highest BCUT2D eigenvalue weighted by atomic mass is 16.5. The molecule has 0 aliphatic carbocycles. The van der Waals surface area contributed by atoms with Gasteiger partial charge < -0.3 is 20.3 Å². The summed E-state index contributed by atoms with van der Waals surface area (Å²) in [6.07, 6.45) is -0.888. The monoisotopic (exact) mass is 279 g/mol. The summed E-state index contributed by atoms with van der Waals surface area (Å²) >= 11 is 0. The summed E-state index contributed by atoms with van der Waals surface area (Å²) in [7, 11) is 0. The number of aromatic hydroxyl groups is 1. The van der Waals surface area contributed by atoms with Gasteiger partial charge in [-0.3, -0.25) is 4.79 Å². The Bertz CT molecular complexity index is 516. The summed E-state index contributed by atoms with van der Waals surface area (Å²) in [4.78, 5) is 22.8. The minimum Gasteiger partial charge on any atom is -0.508 e. The summed E-state index contributed by atoms with van der Waals surface area (Å²) in [5, 5.41) is 21.0. The minimum absolute atomic E-state index is 0.131. The van der Waals surface area contributed by atoms with E-state index in [-0.39, 0.29) is 17.7 Å². The number of carboxylic acids is 1. The van der Waals surface area contributed by atoms with E-state index in [2.05, 4.69) is 5.32 Å². The summed E-state index contributed by atoms with van der Waals surface area (Å²) in [5.74, 6) is -1.24. The van der Waals surface area contributed by atoms with Crippen molar-refractivity contribution in [1.82, 2.24) is 5.32 Å². The van der Waals surface area contributed by atoms with Crippen LogP contribution < -0.4 is 5.32 Å². The number of carbonyl (C=O) groups is 2.